The number of nitrogens with zero attached hydrogens (tertiary/aromatic N) is 2. The second kappa shape index (κ2) is 11.4. The lowest BCUT2D eigenvalue weighted by atomic mass is 9.97. The zero-order chi connectivity index (χ0) is 17.1. The molecule has 1 fully saturated rings. The molecule has 1 aliphatic rings. The fraction of sp³-hybridized carbons (Fsp3) is 1.00. The van der Waals surface area contributed by atoms with E-state index in [2.05, 4.69) is 49.7 Å². The van der Waals surface area contributed by atoms with E-state index < -0.39 is 0 Å². The third-order valence-corrected chi connectivity index (χ3v) is 4.14. The van der Waals surface area contributed by atoms with Crippen molar-refractivity contribution in [1.82, 2.24) is 15.1 Å². The molecule has 0 amide bonds. The first kappa shape index (κ1) is 20.8. The Morgan fingerprint density at radius 3 is 2.09 bits per heavy atom. The molecule has 0 aliphatic carbocycles. The molecule has 5 nitrogen and oxygen atoms in total. The molecule has 1 N–H and O–H groups in total. The highest BCUT2D eigenvalue weighted by Gasteiger charge is 2.18. The minimum absolute atomic E-state index is 0.337. The zero-order valence-electron chi connectivity index (χ0n) is 16.1. The van der Waals surface area contributed by atoms with Gasteiger partial charge < -0.3 is 14.8 Å². The summed E-state index contributed by atoms with van der Waals surface area (Å²) in [4.78, 5) is 5.04. The molecular weight excluding hydrogens is 290 g/mol. The van der Waals surface area contributed by atoms with Crippen molar-refractivity contribution in [2.24, 2.45) is 5.41 Å². The number of piperazine rings is 1. The predicted octanol–water partition coefficient (Wildman–Crippen LogP) is 1.68. The lowest BCUT2D eigenvalue weighted by molar-refractivity contribution is 0.0299. The van der Waals surface area contributed by atoms with E-state index in [1.807, 2.05) is 0 Å². The predicted molar refractivity (Wildman–Crippen MR) is 97.1 cm³/mol. The van der Waals surface area contributed by atoms with Crippen LogP contribution in [0.4, 0.5) is 0 Å². The summed E-state index contributed by atoms with van der Waals surface area (Å²) in [5, 5.41) is 3.41. The first-order valence-electron chi connectivity index (χ1n) is 9.21. The average Bonchev–Trinajstić information content (AvgIpc) is 2.48. The smallest absolute Gasteiger partial charge is 0.0701 e. The quantitative estimate of drug-likeness (QED) is 0.584. The first-order valence-corrected chi connectivity index (χ1v) is 9.21. The molecule has 1 rings (SSSR count). The van der Waals surface area contributed by atoms with Crippen molar-refractivity contribution in [3.05, 3.63) is 0 Å². The van der Waals surface area contributed by atoms with E-state index in [-0.39, 0.29) is 0 Å². The van der Waals surface area contributed by atoms with Gasteiger partial charge in [0.1, 0.15) is 0 Å². The summed E-state index contributed by atoms with van der Waals surface area (Å²) in [6.45, 7) is 21.9. The van der Waals surface area contributed by atoms with Crippen LogP contribution in [0.1, 0.15) is 34.6 Å². The van der Waals surface area contributed by atoms with E-state index in [0.29, 0.717) is 24.7 Å². The summed E-state index contributed by atoms with van der Waals surface area (Å²) in [5.74, 6) is 0. The summed E-state index contributed by atoms with van der Waals surface area (Å²) in [6, 6.07) is 0.670. The van der Waals surface area contributed by atoms with Crippen LogP contribution in [-0.4, -0.2) is 88.1 Å². The molecule has 0 aromatic carbocycles. The van der Waals surface area contributed by atoms with Crippen LogP contribution in [0.5, 0.6) is 0 Å². The largest absolute Gasteiger partial charge is 0.378 e. The topological polar surface area (TPSA) is 37.0 Å². The molecule has 0 spiro atoms. The highest BCUT2D eigenvalue weighted by atomic mass is 16.5. The van der Waals surface area contributed by atoms with Crippen LogP contribution in [0.15, 0.2) is 0 Å². The molecule has 1 aliphatic heterocycles. The highest BCUT2D eigenvalue weighted by Crippen LogP contribution is 2.09. The standard InChI is InChI=1S/C18H39N3O2/c1-17(2)21-9-7-20(8-10-21)11-13-23-15-14-22-12-6-19-16-18(3,4)5/h17,19H,6-16H2,1-5H3. The SMILES string of the molecule is CC(C)N1CCN(CCOCCOCCNCC(C)(C)C)CC1. The second-order valence-corrected chi connectivity index (χ2v) is 7.93. The summed E-state index contributed by atoms with van der Waals surface area (Å²) in [5.41, 5.74) is 0.337. The lowest BCUT2D eigenvalue weighted by Crippen LogP contribution is -2.49. The summed E-state index contributed by atoms with van der Waals surface area (Å²) < 4.78 is 11.2. The molecule has 1 saturated heterocycles. The van der Waals surface area contributed by atoms with Gasteiger partial charge in [-0.05, 0) is 19.3 Å². The van der Waals surface area contributed by atoms with Gasteiger partial charge in [0, 0.05) is 51.9 Å². The van der Waals surface area contributed by atoms with Crippen LogP contribution in [-0.2, 0) is 9.47 Å². The van der Waals surface area contributed by atoms with E-state index in [9.17, 15) is 0 Å². The molecule has 0 aromatic rings. The van der Waals surface area contributed by atoms with Gasteiger partial charge in [0.05, 0.1) is 26.4 Å². The summed E-state index contributed by atoms with van der Waals surface area (Å²) in [6.07, 6.45) is 0. The van der Waals surface area contributed by atoms with Crippen molar-refractivity contribution in [2.45, 2.75) is 40.7 Å². The minimum atomic E-state index is 0.337. The van der Waals surface area contributed by atoms with Gasteiger partial charge in [-0.2, -0.15) is 0 Å². The van der Waals surface area contributed by atoms with Crippen LogP contribution >= 0.6 is 0 Å². The Hall–Kier alpha value is -0.200. The Morgan fingerprint density at radius 1 is 0.913 bits per heavy atom. The maximum absolute atomic E-state index is 5.67. The van der Waals surface area contributed by atoms with Crippen LogP contribution in [0.25, 0.3) is 0 Å². The number of ether oxygens (including phenoxy) is 2. The molecule has 0 unspecified atom stereocenters. The molecule has 0 aromatic heterocycles. The van der Waals surface area contributed by atoms with Gasteiger partial charge in [-0.1, -0.05) is 20.8 Å². The minimum Gasteiger partial charge on any atom is -0.378 e. The van der Waals surface area contributed by atoms with Crippen LogP contribution in [0.3, 0.4) is 0 Å². The molecule has 5 heteroatoms. The van der Waals surface area contributed by atoms with Gasteiger partial charge in [0.15, 0.2) is 0 Å². The molecule has 23 heavy (non-hydrogen) atoms. The maximum Gasteiger partial charge on any atom is 0.0701 e. The van der Waals surface area contributed by atoms with Gasteiger partial charge in [0.2, 0.25) is 0 Å². The lowest BCUT2D eigenvalue weighted by Gasteiger charge is -2.36. The van der Waals surface area contributed by atoms with E-state index in [1.165, 1.54) is 13.1 Å². The van der Waals surface area contributed by atoms with Crippen molar-refractivity contribution in [3.63, 3.8) is 0 Å². The van der Waals surface area contributed by atoms with E-state index in [4.69, 9.17) is 9.47 Å². The fourth-order valence-corrected chi connectivity index (χ4v) is 2.63. The third-order valence-electron chi connectivity index (χ3n) is 4.14. The first-order chi connectivity index (χ1) is 10.9. The Morgan fingerprint density at radius 2 is 1.52 bits per heavy atom. The summed E-state index contributed by atoms with van der Waals surface area (Å²) >= 11 is 0. The van der Waals surface area contributed by atoms with Crippen LogP contribution in [0.2, 0.25) is 0 Å². The van der Waals surface area contributed by atoms with Crippen molar-refractivity contribution in [2.75, 3.05) is 72.2 Å². The van der Waals surface area contributed by atoms with Crippen molar-refractivity contribution in [3.8, 4) is 0 Å². The fourth-order valence-electron chi connectivity index (χ4n) is 2.63. The number of hydrogen-bond acceptors (Lipinski definition) is 5. The molecule has 0 radical (unpaired) electrons. The van der Waals surface area contributed by atoms with Gasteiger partial charge >= 0.3 is 0 Å². The molecule has 138 valence electrons. The molecule has 0 atom stereocenters. The van der Waals surface area contributed by atoms with Crippen molar-refractivity contribution < 1.29 is 9.47 Å². The average molecular weight is 330 g/mol. The van der Waals surface area contributed by atoms with Gasteiger partial charge in [-0.25, -0.2) is 0 Å². The van der Waals surface area contributed by atoms with Crippen molar-refractivity contribution >= 4 is 0 Å². The van der Waals surface area contributed by atoms with Gasteiger partial charge in [-0.15, -0.1) is 0 Å². The highest BCUT2D eigenvalue weighted by molar-refractivity contribution is 4.73. The molecule has 1 heterocycles. The zero-order valence-corrected chi connectivity index (χ0v) is 16.1. The third kappa shape index (κ3) is 11.1. The molecule has 0 saturated carbocycles. The Kier molecular flexibility index (Phi) is 10.3. The molecular formula is C18H39N3O2. The Bertz CT molecular complexity index is 284. The summed E-state index contributed by atoms with van der Waals surface area (Å²) in [7, 11) is 0. The monoisotopic (exact) mass is 329 g/mol. The van der Waals surface area contributed by atoms with Crippen LogP contribution < -0.4 is 5.32 Å². The van der Waals surface area contributed by atoms with E-state index in [1.54, 1.807) is 0 Å². The maximum atomic E-state index is 5.67. The number of nitrogens with one attached hydrogen (secondary N) is 1. The van der Waals surface area contributed by atoms with E-state index in [0.717, 1.165) is 45.9 Å². The normalized spacial score (nSPS) is 18.0. The van der Waals surface area contributed by atoms with Gasteiger partial charge in [0.25, 0.3) is 0 Å². The second-order valence-electron chi connectivity index (χ2n) is 7.93. The Balaban J connectivity index is 1.84. The Labute approximate surface area is 143 Å². The van der Waals surface area contributed by atoms with Crippen molar-refractivity contribution in [1.29, 1.82) is 0 Å². The van der Waals surface area contributed by atoms with Gasteiger partial charge in [-0.3, -0.25) is 9.80 Å². The van der Waals surface area contributed by atoms with Crippen LogP contribution in [0, 0.1) is 5.41 Å². The number of hydrogen-bond donors (Lipinski definition) is 1. The number of rotatable bonds is 11. The van der Waals surface area contributed by atoms with E-state index >= 15 is 0 Å². The molecule has 0 bridgehead atoms.